The topological polar surface area (TPSA) is 56.8 Å². The predicted molar refractivity (Wildman–Crippen MR) is 102 cm³/mol. The molecule has 0 aromatic heterocycles. The molecule has 1 aromatic rings. The quantitative estimate of drug-likeness (QED) is 0.792. The molecule has 1 fully saturated rings. The SMILES string of the molecule is CC(C)CNC(=O)NCC(c1ccc(N(C)C)cc1)N1CCOCC1. The van der Waals surface area contributed by atoms with Crippen molar-refractivity contribution in [3.63, 3.8) is 0 Å². The van der Waals surface area contributed by atoms with Gasteiger partial charge < -0.3 is 20.3 Å². The van der Waals surface area contributed by atoms with Crippen molar-refractivity contribution in [1.29, 1.82) is 0 Å². The number of carbonyl (C=O) groups excluding carboxylic acids is 1. The maximum Gasteiger partial charge on any atom is 0.314 e. The Morgan fingerprint density at radius 3 is 2.28 bits per heavy atom. The average molecular weight is 348 g/mol. The summed E-state index contributed by atoms with van der Waals surface area (Å²) in [4.78, 5) is 16.5. The molecule has 0 saturated carbocycles. The fourth-order valence-electron chi connectivity index (χ4n) is 2.89. The van der Waals surface area contributed by atoms with Crippen LogP contribution in [0.15, 0.2) is 24.3 Å². The summed E-state index contributed by atoms with van der Waals surface area (Å²) in [6.07, 6.45) is 0. The highest BCUT2D eigenvalue weighted by Gasteiger charge is 2.23. The van der Waals surface area contributed by atoms with E-state index < -0.39 is 0 Å². The van der Waals surface area contributed by atoms with Crippen LogP contribution in [0.1, 0.15) is 25.5 Å². The third-order valence-corrected chi connectivity index (χ3v) is 4.41. The van der Waals surface area contributed by atoms with Gasteiger partial charge in [-0.05, 0) is 23.6 Å². The molecule has 0 aliphatic carbocycles. The van der Waals surface area contributed by atoms with Crippen LogP contribution < -0.4 is 15.5 Å². The highest BCUT2D eigenvalue weighted by Crippen LogP contribution is 2.23. The van der Waals surface area contributed by atoms with Crippen LogP contribution in [0.25, 0.3) is 0 Å². The summed E-state index contributed by atoms with van der Waals surface area (Å²) in [6, 6.07) is 8.62. The van der Waals surface area contributed by atoms with E-state index in [-0.39, 0.29) is 12.1 Å². The number of hydrogen-bond acceptors (Lipinski definition) is 4. The number of urea groups is 1. The summed E-state index contributed by atoms with van der Waals surface area (Å²) in [6.45, 7) is 8.70. The van der Waals surface area contributed by atoms with Gasteiger partial charge in [-0.3, -0.25) is 4.90 Å². The number of rotatable bonds is 7. The molecular weight excluding hydrogens is 316 g/mol. The van der Waals surface area contributed by atoms with E-state index >= 15 is 0 Å². The van der Waals surface area contributed by atoms with Gasteiger partial charge in [0, 0.05) is 46.0 Å². The number of benzene rings is 1. The van der Waals surface area contributed by atoms with Crippen LogP contribution in [0.2, 0.25) is 0 Å². The molecule has 0 spiro atoms. The molecule has 0 radical (unpaired) electrons. The minimum Gasteiger partial charge on any atom is -0.379 e. The van der Waals surface area contributed by atoms with E-state index in [2.05, 4.69) is 58.5 Å². The number of anilines is 1. The van der Waals surface area contributed by atoms with Gasteiger partial charge in [-0.15, -0.1) is 0 Å². The molecule has 2 amide bonds. The highest BCUT2D eigenvalue weighted by atomic mass is 16.5. The van der Waals surface area contributed by atoms with Crippen LogP contribution in [-0.2, 0) is 4.74 Å². The molecule has 140 valence electrons. The van der Waals surface area contributed by atoms with E-state index in [1.54, 1.807) is 0 Å². The van der Waals surface area contributed by atoms with E-state index in [1.165, 1.54) is 11.3 Å². The summed E-state index contributed by atoms with van der Waals surface area (Å²) in [5.74, 6) is 0.444. The lowest BCUT2D eigenvalue weighted by molar-refractivity contribution is 0.0167. The molecule has 1 aliphatic rings. The van der Waals surface area contributed by atoms with Crippen molar-refractivity contribution in [3.8, 4) is 0 Å². The van der Waals surface area contributed by atoms with Gasteiger partial charge in [-0.25, -0.2) is 4.79 Å². The van der Waals surface area contributed by atoms with Crippen LogP contribution in [0.3, 0.4) is 0 Å². The Morgan fingerprint density at radius 1 is 1.12 bits per heavy atom. The molecule has 2 N–H and O–H groups in total. The molecule has 1 heterocycles. The lowest BCUT2D eigenvalue weighted by atomic mass is 10.0. The summed E-state index contributed by atoms with van der Waals surface area (Å²) in [7, 11) is 4.07. The summed E-state index contributed by atoms with van der Waals surface area (Å²) < 4.78 is 5.48. The van der Waals surface area contributed by atoms with Crippen LogP contribution in [0.5, 0.6) is 0 Å². The largest absolute Gasteiger partial charge is 0.379 e. The molecule has 25 heavy (non-hydrogen) atoms. The fraction of sp³-hybridized carbons (Fsp3) is 0.632. The summed E-state index contributed by atoms with van der Waals surface area (Å²) in [5, 5.41) is 5.94. The van der Waals surface area contributed by atoms with Crippen LogP contribution in [0.4, 0.5) is 10.5 Å². The lowest BCUT2D eigenvalue weighted by Gasteiger charge is -2.35. The number of hydrogen-bond donors (Lipinski definition) is 2. The van der Waals surface area contributed by atoms with Crippen molar-refractivity contribution < 1.29 is 9.53 Å². The number of nitrogens with one attached hydrogen (secondary N) is 2. The molecule has 0 bridgehead atoms. The van der Waals surface area contributed by atoms with E-state index in [0.29, 0.717) is 19.0 Å². The zero-order chi connectivity index (χ0) is 18.2. The summed E-state index contributed by atoms with van der Waals surface area (Å²) >= 11 is 0. The molecule has 6 heteroatoms. The maximum atomic E-state index is 12.0. The van der Waals surface area contributed by atoms with Crippen LogP contribution in [-0.4, -0.2) is 64.4 Å². The van der Waals surface area contributed by atoms with Crippen molar-refractivity contribution in [3.05, 3.63) is 29.8 Å². The van der Waals surface area contributed by atoms with Gasteiger partial charge in [0.25, 0.3) is 0 Å². The molecule has 1 aliphatic heterocycles. The van der Waals surface area contributed by atoms with Gasteiger partial charge in [0.2, 0.25) is 0 Å². The minimum atomic E-state index is -0.100. The molecule has 6 nitrogen and oxygen atoms in total. The van der Waals surface area contributed by atoms with Crippen molar-refractivity contribution in [2.24, 2.45) is 5.92 Å². The van der Waals surface area contributed by atoms with Gasteiger partial charge in [-0.2, -0.15) is 0 Å². The number of ether oxygens (including phenoxy) is 1. The van der Waals surface area contributed by atoms with Gasteiger partial charge >= 0.3 is 6.03 Å². The predicted octanol–water partition coefficient (Wildman–Crippen LogP) is 2.08. The standard InChI is InChI=1S/C19H32N4O2/c1-15(2)13-20-19(24)21-14-18(23-9-11-25-12-10-23)16-5-7-17(8-6-16)22(3)4/h5-8,15,18H,9-14H2,1-4H3,(H2,20,21,24). The smallest absolute Gasteiger partial charge is 0.314 e. The Morgan fingerprint density at radius 2 is 1.72 bits per heavy atom. The lowest BCUT2D eigenvalue weighted by Crippen LogP contribution is -2.46. The van der Waals surface area contributed by atoms with E-state index in [9.17, 15) is 4.79 Å². The number of morpholine rings is 1. The van der Waals surface area contributed by atoms with Crippen molar-refractivity contribution in [1.82, 2.24) is 15.5 Å². The van der Waals surface area contributed by atoms with Crippen LogP contribution in [0, 0.1) is 5.92 Å². The first kappa shape index (κ1) is 19.5. The van der Waals surface area contributed by atoms with Crippen LogP contribution >= 0.6 is 0 Å². The van der Waals surface area contributed by atoms with Crippen molar-refractivity contribution in [2.45, 2.75) is 19.9 Å². The van der Waals surface area contributed by atoms with E-state index in [0.717, 1.165) is 26.3 Å². The number of nitrogens with zero attached hydrogens (tertiary/aromatic N) is 2. The van der Waals surface area contributed by atoms with Crippen molar-refractivity contribution in [2.75, 3.05) is 58.4 Å². The Kier molecular flexibility index (Phi) is 7.52. The maximum absolute atomic E-state index is 12.0. The molecule has 1 saturated heterocycles. The number of amides is 2. The first-order chi connectivity index (χ1) is 12.0. The number of carbonyl (C=O) groups is 1. The van der Waals surface area contributed by atoms with Gasteiger partial charge in [-0.1, -0.05) is 26.0 Å². The second kappa shape index (κ2) is 9.63. The second-order valence-electron chi connectivity index (χ2n) is 7.13. The Balaban J connectivity index is 2.03. The molecular formula is C19H32N4O2. The monoisotopic (exact) mass is 348 g/mol. The van der Waals surface area contributed by atoms with Gasteiger partial charge in [0.15, 0.2) is 0 Å². The normalized spacial score (nSPS) is 16.5. The third kappa shape index (κ3) is 6.21. The molecule has 1 atom stereocenters. The Bertz CT molecular complexity index is 525. The summed E-state index contributed by atoms with van der Waals surface area (Å²) in [5.41, 5.74) is 2.39. The second-order valence-corrected chi connectivity index (χ2v) is 7.13. The molecule has 2 rings (SSSR count). The van der Waals surface area contributed by atoms with E-state index in [1.807, 2.05) is 14.1 Å². The fourth-order valence-corrected chi connectivity index (χ4v) is 2.89. The average Bonchev–Trinajstić information content (AvgIpc) is 2.61. The first-order valence-corrected chi connectivity index (χ1v) is 9.08. The molecule has 1 aromatic carbocycles. The van der Waals surface area contributed by atoms with Crippen molar-refractivity contribution >= 4 is 11.7 Å². The van der Waals surface area contributed by atoms with E-state index in [4.69, 9.17) is 4.74 Å². The first-order valence-electron chi connectivity index (χ1n) is 9.08. The third-order valence-electron chi connectivity index (χ3n) is 4.41. The van der Waals surface area contributed by atoms with Gasteiger partial charge in [0.05, 0.1) is 19.3 Å². The Hall–Kier alpha value is -1.79. The highest BCUT2D eigenvalue weighted by molar-refractivity contribution is 5.73. The minimum absolute atomic E-state index is 0.100. The Labute approximate surface area is 151 Å². The zero-order valence-corrected chi connectivity index (χ0v) is 15.9. The molecule has 1 unspecified atom stereocenters. The van der Waals surface area contributed by atoms with Gasteiger partial charge in [0.1, 0.15) is 0 Å². The zero-order valence-electron chi connectivity index (χ0n) is 15.9.